The lowest BCUT2D eigenvalue weighted by Crippen LogP contribution is -2.07. The molecular formula is C20H18N4OS. The Bertz CT molecular complexity index is 937. The fourth-order valence-electron chi connectivity index (χ4n) is 2.67. The molecule has 0 bridgehead atoms. The topological polar surface area (TPSA) is 56.7 Å². The van der Waals surface area contributed by atoms with Crippen LogP contribution in [0.25, 0.3) is 0 Å². The smallest absolute Gasteiger partial charge is 0.192 e. The van der Waals surface area contributed by atoms with Gasteiger partial charge in [0, 0.05) is 18.4 Å². The molecule has 4 rings (SSSR count). The van der Waals surface area contributed by atoms with E-state index in [1.807, 2.05) is 54.7 Å². The van der Waals surface area contributed by atoms with Gasteiger partial charge in [-0.2, -0.15) is 0 Å². The Morgan fingerprint density at radius 1 is 0.923 bits per heavy atom. The maximum atomic E-state index is 5.53. The molecule has 0 saturated carbocycles. The van der Waals surface area contributed by atoms with Crippen molar-refractivity contribution in [2.45, 2.75) is 23.9 Å². The van der Waals surface area contributed by atoms with Crippen molar-refractivity contribution in [3.05, 3.63) is 96.0 Å². The molecule has 0 fully saturated rings. The molecule has 0 aliphatic heterocycles. The summed E-state index contributed by atoms with van der Waals surface area (Å²) in [7, 11) is 0. The Kier molecular flexibility index (Phi) is 5.12. The molecule has 130 valence electrons. The lowest BCUT2D eigenvalue weighted by Gasteiger charge is -2.09. The summed E-state index contributed by atoms with van der Waals surface area (Å²) in [6.07, 6.45) is 4.24. The van der Waals surface area contributed by atoms with E-state index in [-0.39, 0.29) is 0 Å². The van der Waals surface area contributed by atoms with Gasteiger partial charge in [-0.1, -0.05) is 48.2 Å². The molecule has 6 heteroatoms. The number of aromatic nitrogens is 4. The summed E-state index contributed by atoms with van der Waals surface area (Å²) < 4.78 is 7.66. The molecule has 0 atom stereocenters. The van der Waals surface area contributed by atoms with Crippen LogP contribution >= 0.6 is 11.8 Å². The van der Waals surface area contributed by atoms with Gasteiger partial charge in [-0.25, -0.2) is 0 Å². The van der Waals surface area contributed by atoms with E-state index in [4.69, 9.17) is 4.42 Å². The number of rotatable bonds is 7. The van der Waals surface area contributed by atoms with E-state index in [9.17, 15) is 0 Å². The molecule has 0 aliphatic rings. The number of benzene rings is 1. The average Bonchev–Trinajstić information content (AvgIpc) is 3.33. The molecular weight excluding hydrogens is 344 g/mol. The summed E-state index contributed by atoms with van der Waals surface area (Å²) >= 11 is 1.64. The Hall–Kier alpha value is -2.86. The van der Waals surface area contributed by atoms with Crippen LogP contribution in [0.5, 0.6) is 0 Å². The van der Waals surface area contributed by atoms with E-state index in [1.54, 1.807) is 18.0 Å². The molecule has 0 spiro atoms. The summed E-state index contributed by atoms with van der Waals surface area (Å²) in [6, 6.07) is 20.1. The number of thioether (sulfide) groups is 1. The van der Waals surface area contributed by atoms with E-state index in [1.165, 1.54) is 5.56 Å². The number of hydrogen-bond donors (Lipinski definition) is 0. The monoisotopic (exact) mass is 362 g/mol. The van der Waals surface area contributed by atoms with Gasteiger partial charge in [0.1, 0.15) is 11.6 Å². The zero-order valence-electron chi connectivity index (χ0n) is 14.2. The Balaban J connectivity index is 1.58. The fraction of sp³-hybridized carbons (Fsp3) is 0.150. The van der Waals surface area contributed by atoms with Gasteiger partial charge >= 0.3 is 0 Å². The molecule has 26 heavy (non-hydrogen) atoms. The van der Waals surface area contributed by atoms with Crippen LogP contribution in [0, 0.1) is 0 Å². The summed E-state index contributed by atoms with van der Waals surface area (Å²) in [5.74, 6) is 2.57. The third-order valence-electron chi connectivity index (χ3n) is 3.97. The third kappa shape index (κ3) is 4.03. The van der Waals surface area contributed by atoms with Crippen LogP contribution in [0.1, 0.15) is 22.8 Å². The quantitative estimate of drug-likeness (QED) is 0.461. The van der Waals surface area contributed by atoms with Crippen molar-refractivity contribution in [2.24, 2.45) is 0 Å². The van der Waals surface area contributed by atoms with E-state index >= 15 is 0 Å². The van der Waals surface area contributed by atoms with Gasteiger partial charge in [0.05, 0.1) is 18.5 Å². The summed E-state index contributed by atoms with van der Waals surface area (Å²) in [6.45, 7) is 0.618. The largest absolute Gasteiger partial charge is 0.467 e. The van der Waals surface area contributed by atoms with Gasteiger partial charge in [0.2, 0.25) is 0 Å². The first kappa shape index (κ1) is 16.6. The molecule has 0 amide bonds. The average molecular weight is 362 g/mol. The van der Waals surface area contributed by atoms with Crippen LogP contribution in [-0.4, -0.2) is 19.7 Å². The lowest BCUT2D eigenvalue weighted by molar-refractivity contribution is 0.479. The summed E-state index contributed by atoms with van der Waals surface area (Å²) in [4.78, 5) is 4.38. The minimum Gasteiger partial charge on any atom is -0.467 e. The van der Waals surface area contributed by atoms with Gasteiger partial charge < -0.3 is 4.42 Å². The van der Waals surface area contributed by atoms with Gasteiger partial charge in [-0.15, -0.1) is 10.2 Å². The number of hydrogen-bond acceptors (Lipinski definition) is 5. The van der Waals surface area contributed by atoms with Gasteiger partial charge in [0.25, 0.3) is 0 Å². The molecule has 3 aromatic heterocycles. The highest BCUT2D eigenvalue weighted by atomic mass is 32.2. The minimum absolute atomic E-state index is 0.618. The van der Waals surface area contributed by atoms with Crippen LogP contribution in [0.2, 0.25) is 0 Å². The standard InChI is InChI=1S/C20H18N4OS/c1-2-7-16(8-3-1)13-19-22-23-20(24(19)14-18-10-6-12-25-18)26-15-17-9-4-5-11-21-17/h1-12H,13-15H2. The maximum Gasteiger partial charge on any atom is 0.192 e. The molecule has 4 aromatic rings. The predicted molar refractivity (Wildman–Crippen MR) is 101 cm³/mol. The van der Waals surface area contributed by atoms with Gasteiger partial charge in [-0.3, -0.25) is 9.55 Å². The molecule has 0 aliphatic carbocycles. The highest BCUT2D eigenvalue weighted by molar-refractivity contribution is 7.98. The first-order chi connectivity index (χ1) is 12.9. The van der Waals surface area contributed by atoms with Crippen LogP contribution < -0.4 is 0 Å². The van der Waals surface area contributed by atoms with Crippen molar-refractivity contribution in [2.75, 3.05) is 0 Å². The predicted octanol–water partition coefficient (Wildman–Crippen LogP) is 4.20. The SMILES string of the molecule is c1ccc(Cc2nnc(SCc3ccccn3)n2Cc2ccco2)cc1. The molecule has 0 unspecified atom stereocenters. The van der Waals surface area contributed by atoms with Crippen molar-refractivity contribution >= 4 is 11.8 Å². The second-order valence-electron chi connectivity index (χ2n) is 5.84. The second kappa shape index (κ2) is 8.01. The molecule has 1 aromatic carbocycles. The molecule has 0 N–H and O–H groups in total. The minimum atomic E-state index is 0.618. The molecule has 0 radical (unpaired) electrons. The van der Waals surface area contributed by atoms with Crippen molar-refractivity contribution in [1.82, 2.24) is 19.7 Å². The fourth-order valence-corrected chi connectivity index (χ4v) is 3.55. The van der Waals surface area contributed by atoms with E-state index in [0.29, 0.717) is 6.54 Å². The zero-order valence-corrected chi connectivity index (χ0v) is 15.0. The Morgan fingerprint density at radius 3 is 2.58 bits per heavy atom. The Labute approximate surface area is 156 Å². The molecule has 5 nitrogen and oxygen atoms in total. The zero-order chi connectivity index (χ0) is 17.6. The van der Waals surface area contributed by atoms with Gasteiger partial charge in [0.15, 0.2) is 5.16 Å². The lowest BCUT2D eigenvalue weighted by atomic mass is 10.1. The molecule has 3 heterocycles. The summed E-state index contributed by atoms with van der Waals surface area (Å²) in [5.41, 5.74) is 2.23. The third-order valence-corrected chi connectivity index (χ3v) is 4.97. The normalized spacial score (nSPS) is 10.9. The van der Waals surface area contributed by atoms with Crippen molar-refractivity contribution in [1.29, 1.82) is 0 Å². The first-order valence-electron chi connectivity index (χ1n) is 8.39. The van der Waals surface area contributed by atoms with Crippen LogP contribution in [-0.2, 0) is 18.7 Å². The van der Waals surface area contributed by atoms with Crippen LogP contribution in [0.4, 0.5) is 0 Å². The summed E-state index contributed by atoms with van der Waals surface area (Å²) in [5, 5.41) is 9.72. The highest BCUT2D eigenvalue weighted by Gasteiger charge is 2.15. The number of nitrogens with zero attached hydrogens (tertiary/aromatic N) is 4. The van der Waals surface area contributed by atoms with Crippen molar-refractivity contribution in [3.8, 4) is 0 Å². The van der Waals surface area contributed by atoms with Crippen molar-refractivity contribution < 1.29 is 4.42 Å². The number of pyridine rings is 1. The number of furan rings is 1. The highest BCUT2D eigenvalue weighted by Crippen LogP contribution is 2.23. The van der Waals surface area contributed by atoms with E-state index in [0.717, 1.165) is 34.6 Å². The van der Waals surface area contributed by atoms with Crippen molar-refractivity contribution in [3.63, 3.8) is 0 Å². The van der Waals surface area contributed by atoms with E-state index < -0.39 is 0 Å². The Morgan fingerprint density at radius 2 is 1.81 bits per heavy atom. The maximum absolute atomic E-state index is 5.53. The van der Waals surface area contributed by atoms with E-state index in [2.05, 4.69) is 31.9 Å². The first-order valence-corrected chi connectivity index (χ1v) is 9.38. The second-order valence-corrected chi connectivity index (χ2v) is 6.78. The van der Waals surface area contributed by atoms with Gasteiger partial charge in [-0.05, 0) is 29.8 Å². The van der Waals surface area contributed by atoms with Crippen LogP contribution in [0.15, 0.2) is 82.7 Å². The molecule has 0 saturated heterocycles. The van der Waals surface area contributed by atoms with Crippen LogP contribution in [0.3, 0.4) is 0 Å².